The summed E-state index contributed by atoms with van der Waals surface area (Å²) in [4.78, 5) is 31.2. The maximum atomic E-state index is 13.3. The van der Waals surface area contributed by atoms with Crippen molar-refractivity contribution < 1.29 is 31.9 Å². The first-order valence-corrected chi connectivity index (χ1v) is 8.11. The standard InChI is InChI=1S/C18H15F4N3O3/c1-17(2)15(26)25(12-3-5-13(6-4-12)28-18(20,21)22)16(27)24(17)10-11-7-8-23-14(19)9-11/h3-9H,10H2,1-2H3. The molecule has 1 aromatic heterocycles. The highest BCUT2D eigenvalue weighted by molar-refractivity contribution is 6.22. The van der Waals surface area contributed by atoms with Crippen LogP contribution in [0.1, 0.15) is 19.4 Å². The average Bonchev–Trinajstić information content (AvgIpc) is 2.75. The largest absolute Gasteiger partial charge is 0.573 e. The van der Waals surface area contributed by atoms with Crippen LogP contribution < -0.4 is 9.64 Å². The summed E-state index contributed by atoms with van der Waals surface area (Å²) in [6.07, 6.45) is -3.60. The van der Waals surface area contributed by atoms with E-state index in [0.717, 1.165) is 23.1 Å². The molecule has 2 heterocycles. The summed E-state index contributed by atoms with van der Waals surface area (Å²) < 4.78 is 53.9. The lowest BCUT2D eigenvalue weighted by Gasteiger charge is -2.27. The summed E-state index contributed by atoms with van der Waals surface area (Å²) in [6, 6.07) is 6.39. The number of halogens is 4. The van der Waals surface area contributed by atoms with E-state index in [1.165, 1.54) is 43.1 Å². The highest BCUT2D eigenvalue weighted by Crippen LogP contribution is 2.34. The van der Waals surface area contributed by atoms with E-state index in [-0.39, 0.29) is 12.2 Å². The summed E-state index contributed by atoms with van der Waals surface area (Å²) in [5.41, 5.74) is -0.698. The maximum Gasteiger partial charge on any atom is 0.573 e. The summed E-state index contributed by atoms with van der Waals surface area (Å²) >= 11 is 0. The number of hydrogen-bond acceptors (Lipinski definition) is 4. The highest BCUT2D eigenvalue weighted by Gasteiger charge is 2.51. The van der Waals surface area contributed by atoms with Gasteiger partial charge in [-0.2, -0.15) is 4.39 Å². The topological polar surface area (TPSA) is 62.7 Å². The number of carbonyl (C=O) groups is 2. The first kappa shape index (κ1) is 19.6. The van der Waals surface area contributed by atoms with Crippen molar-refractivity contribution in [2.75, 3.05) is 4.90 Å². The van der Waals surface area contributed by atoms with Gasteiger partial charge in [0.2, 0.25) is 5.95 Å². The third kappa shape index (κ3) is 3.75. The number of pyridine rings is 1. The van der Waals surface area contributed by atoms with Gasteiger partial charge in [0, 0.05) is 12.7 Å². The Balaban J connectivity index is 1.86. The van der Waals surface area contributed by atoms with Crippen LogP contribution >= 0.6 is 0 Å². The zero-order valence-electron chi connectivity index (χ0n) is 14.8. The summed E-state index contributed by atoms with van der Waals surface area (Å²) in [5, 5.41) is 0. The monoisotopic (exact) mass is 397 g/mol. The van der Waals surface area contributed by atoms with Crippen LogP contribution in [0.25, 0.3) is 0 Å². The van der Waals surface area contributed by atoms with E-state index in [1.807, 2.05) is 0 Å². The Morgan fingerprint density at radius 3 is 2.32 bits per heavy atom. The normalized spacial score (nSPS) is 16.6. The predicted octanol–water partition coefficient (Wildman–Crippen LogP) is 3.87. The van der Waals surface area contributed by atoms with Crippen LogP contribution in [0, 0.1) is 5.95 Å². The van der Waals surface area contributed by atoms with Gasteiger partial charge in [-0.1, -0.05) is 0 Å². The van der Waals surface area contributed by atoms with E-state index in [9.17, 15) is 27.2 Å². The summed E-state index contributed by atoms with van der Waals surface area (Å²) in [5.74, 6) is -1.75. The lowest BCUT2D eigenvalue weighted by molar-refractivity contribution is -0.274. The first-order chi connectivity index (χ1) is 13.0. The quantitative estimate of drug-likeness (QED) is 0.447. The third-order valence-electron chi connectivity index (χ3n) is 4.28. The van der Waals surface area contributed by atoms with Gasteiger partial charge in [-0.3, -0.25) is 4.79 Å². The van der Waals surface area contributed by atoms with Crippen LogP contribution in [0.2, 0.25) is 0 Å². The molecule has 0 atom stereocenters. The van der Waals surface area contributed by atoms with E-state index in [1.54, 1.807) is 0 Å². The van der Waals surface area contributed by atoms with Crippen LogP contribution in [-0.4, -0.2) is 33.7 Å². The number of nitrogens with zero attached hydrogens (tertiary/aromatic N) is 3. The zero-order valence-corrected chi connectivity index (χ0v) is 14.8. The molecule has 0 aliphatic carbocycles. The van der Waals surface area contributed by atoms with E-state index in [4.69, 9.17) is 0 Å². The van der Waals surface area contributed by atoms with Crippen molar-refractivity contribution in [1.82, 2.24) is 9.88 Å². The molecule has 0 saturated carbocycles. The zero-order chi connectivity index (χ0) is 20.7. The van der Waals surface area contributed by atoms with Crippen molar-refractivity contribution in [2.24, 2.45) is 0 Å². The first-order valence-electron chi connectivity index (χ1n) is 8.11. The maximum absolute atomic E-state index is 13.3. The lowest BCUT2D eigenvalue weighted by Crippen LogP contribution is -2.43. The molecule has 3 amide bonds. The van der Waals surface area contributed by atoms with Crippen molar-refractivity contribution in [3.8, 4) is 5.75 Å². The number of anilines is 1. The lowest BCUT2D eigenvalue weighted by atomic mass is 10.0. The Morgan fingerprint density at radius 1 is 1.11 bits per heavy atom. The summed E-state index contributed by atoms with van der Waals surface area (Å²) in [7, 11) is 0. The molecule has 0 unspecified atom stereocenters. The second-order valence-electron chi connectivity index (χ2n) is 6.60. The fourth-order valence-corrected chi connectivity index (χ4v) is 2.85. The Hall–Kier alpha value is -3.17. The van der Waals surface area contributed by atoms with Crippen molar-refractivity contribution in [3.05, 3.63) is 54.1 Å². The molecule has 148 valence electrons. The molecule has 0 N–H and O–H groups in total. The van der Waals surface area contributed by atoms with E-state index >= 15 is 0 Å². The van der Waals surface area contributed by atoms with Gasteiger partial charge < -0.3 is 9.64 Å². The third-order valence-corrected chi connectivity index (χ3v) is 4.28. The van der Waals surface area contributed by atoms with Gasteiger partial charge in [0.1, 0.15) is 11.3 Å². The molecule has 0 radical (unpaired) electrons. The van der Waals surface area contributed by atoms with Gasteiger partial charge in [0.15, 0.2) is 0 Å². The van der Waals surface area contributed by atoms with Gasteiger partial charge in [-0.25, -0.2) is 14.7 Å². The summed E-state index contributed by atoms with van der Waals surface area (Å²) in [6.45, 7) is 3.03. The Kier molecular flexibility index (Phi) is 4.74. The molecular formula is C18H15F4N3O3. The van der Waals surface area contributed by atoms with Gasteiger partial charge in [0.25, 0.3) is 5.91 Å². The SMILES string of the molecule is CC1(C)C(=O)N(c2ccc(OC(F)(F)F)cc2)C(=O)N1Cc1ccnc(F)c1. The van der Waals surface area contributed by atoms with Crippen molar-refractivity contribution in [2.45, 2.75) is 32.3 Å². The fraction of sp³-hybridized carbons (Fsp3) is 0.278. The molecule has 1 aliphatic heterocycles. The fourth-order valence-electron chi connectivity index (χ4n) is 2.85. The number of aromatic nitrogens is 1. The number of amides is 3. The van der Waals surface area contributed by atoms with E-state index in [0.29, 0.717) is 5.56 Å². The van der Waals surface area contributed by atoms with Crippen LogP contribution in [0.5, 0.6) is 5.75 Å². The van der Waals surface area contributed by atoms with Crippen LogP contribution in [0.15, 0.2) is 42.6 Å². The number of urea groups is 1. The number of ether oxygens (including phenoxy) is 1. The van der Waals surface area contributed by atoms with Crippen LogP contribution in [0.4, 0.5) is 28.0 Å². The minimum absolute atomic E-state index is 0.0389. The molecule has 1 saturated heterocycles. The Morgan fingerprint density at radius 2 is 1.75 bits per heavy atom. The molecule has 3 rings (SSSR count). The molecular weight excluding hydrogens is 382 g/mol. The van der Waals surface area contributed by atoms with Crippen molar-refractivity contribution in [3.63, 3.8) is 0 Å². The number of hydrogen-bond donors (Lipinski definition) is 0. The number of carbonyl (C=O) groups excluding carboxylic acids is 2. The van der Waals surface area contributed by atoms with E-state index in [2.05, 4.69) is 9.72 Å². The van der Waals surface area contributed by atoms with Gasteiger partial charge >= 0.3 is 12.4 Å². The molecule has 2 aromatic rings. The van der Waals surface area contributed by atoms with Crippen LogP contribution in [-0.2, 0) is 11.3 Å². The highest BCUT2D eigenvalue weighted by atomic mass is 19.4. The van der Waals surface area contributed by atoms with Gasteiger partial charge in [-0.05, 0) is 55.8 Å². The second-order valence-corrected chi connectivity index (χ2v) is 6.60. The van der Waals surface area contributed by atoms with Gasteiger partial charge in [-0.15, -0.1) is 13.2 Å². The minimum atomic E-state index is -4.85. The van der Waals surface area contributed by atoms with Gasteiger partial charge in [0.05, 0.1) is 5.69 Å². The van der Waals surface area contributed by atoms with Crippen LogP contribution in [0.3, 0.4) is 0 Å². The molecule has 6 nitrogen and oxygen atoms in total. The van der Waals surface area contributed by atoms with E-state index < -0.39 is 35.5 Å². The molecule has 1 aromatic carbocycles. The minimum Gasteiger partial charge on any atom is -0.406 e. The molecule has 1 fully saturated rings. The average molecular weight is 397 g/mol. The number of benzene rings is 1. The molecule has 28 heavy (non-hydrogen) atoms. The van der Waals surface area contributed by atoms with Crippen molar-refractivity contribution >= 4 is 17.6 Å². The Bertz CT molecular complexity index is 913. The number of alkyl halides is 3. The number of imide groups is 1. The smallest absolute Gasteiger partial charge is 0.406 e. The Labute approximate surface area is 157 Å². The second kappa shape index (κ2) is 6.77. The molecule has 0 bridgehead atoms. The predicted molar refractivity (Wildman–Crippen MR) is 89.8 cm³/mol. The molecule has 10 heteroatoms. The number of rotatable bonds is 4. The molecule has 0 spiro atoms. The molecule has 1 aliphatic rings. The van der Waals surface area contributed by atoms with Crippen molar-refractivity contribution in [1.29, 1.82) is 0 Å².